The zero-order valence-electron chi connectivity index (χ0n) is 9.78. The van der Waals surface area contributed by atoms with Crippen LogP contribution in [0.2, 0.25) is 0 Å². The number of benzene rings is 1. The Balaban J connectivity index is 1.83. The summed E-state index contributed by atoms with van der Waals surface area (Å²) in [6.45, 7) is 0.578. The predicted octanol–water partition coefficient (Wildman–Crippen LogP) is 2.69. The summed E-state index contributed by atoms with van der Waals surface area (Å²) in [5.74, 6) is -2.14. The highest BCUT2D eigenvalue weighted by Crippen LogP contribution is 2.28. The van der Waals surface area contributed by atoms with E-state index in [-0.39, 0.29) is 5.91 Å². The summed E-state index contributed by atoms with van der Waals surface area (Å²) in [5, 5.41) is 2.93. The van der Waals surface area contributed by atoms with Gasteiger partial charge in [0.2, 0.25) is 0 Å². The summed E-state index contributed by atoms with van der Waals surface area (Å²) in [6.07, 6.45) is 1.08. The minimum absolute atomic E-state index is 0.266. The van der Waals surface area contributed by atoms with Gasteiger partial charge in [0.15, 0.2) is 16.8 Å². The van der Waals surface area contributed by atoms with E-state index >= 15 is 0 Å². The highest BCUT2D eigenvalue weighted by atomic mass is 32.1. The number of rotatable bonds is 2. The van der Waals surface area contributed by atoms with Crippen molar-refractivity contribution in [2.45, 2.75) is 18.9 Å². The van der Waals surface area contributed by atoms with E-state index in [1.54, 1.807) is 0 Å². The molecule has 1 aromatic carbocycles. The first kappa shape index (κ1) is 12.4. The Morgan fingerprint density at radius 1 is 1.42 bits per heavy atom. The van der Waals surface area contributed by atoms with Crippen molar-refractivity contribution >= 4 is 32.6 Å². The van der Waals surface area contributed by atoms with Gasteiger partial charge in [0.05, 0.1) is 10.2 Å². The number of amides is 1. The van der Waals surface area contributed by atoms with Crippen LogP contribution in [-0.4, -0.2) is 23.6 Å². The first-order valence-corrected chi connectivity index (χ1v) is 6.63. The molecule has 3 rings (SSSR count). The van der Waals surface area contributed by atoms with Crippen molar-refractivity contribution in [3.63, 3.8) is 0 Å². The van der Waals surface area contributed by atoms with Crippen molar-refractivity contribution in [1.82, 2.24) is 4.98 Å². The van der Waals surface area contributed by atoms with Gasteiger partial charge in [-0.05, 0) is 18.9 Å². The minimum atomic E-state index is -0.949. The van der Waals surface area contributed by atoms with Gasteiger partial charge in [-0.25, -0.2) is 13.8 Å². The largest absolute Gasteiger partial charge is 0.368 e. The predicted molar refractivity (Wildman–Crippen MR) is 67.1 cm³/mol. The van der Waals surface area contributed by atoms with Crippen LogP contribution in [0.1, 0.15) is 12.8 Å². The Morgan fingerprint density at radius 2 is 2.21 bits per heavy atom. The molecule has 0 unspecified atom stereocenters. The van der Waals surface area contributed by atoms with E-state index in [2.05, 4.69) is 10.3 Å². The molecule has 2 heterocycles. The summed E-state index contributed by atoms with van der Waals surface area (Å²) in [4.78, 5) is 15.9. The van der Waals surface area contributed by atoms with E-state index in [0.717, 1.165) is 29.9 Å². The average Bonchev–Trinajstić information content (AvgIpc) is 2.98. The van der Waals surface area contributed by atoms with Gasteiger partial charge in [0, 0.05) is 12.7 Å². The van der Waals surface area contributed by atoms with Crippen LogP contribution >= 0.6 is 11.3 Å². The van der Waals surface area contributed by atoms with E-state index in [0.29, 0.717) is 28.4 Å². The lowest BCUT2D eigenvalue weighted by Gasteiger charge is -2.07. The highest BCUT2D eigenvalue weighted by molar-refractivity contribution is 7.22. The monoisotopic (exact) mass is 284 g/mol. The standard InChI is InChI=1S/C12H10F2N2O2S/c13-6-4-8-10(5-7(6)14)19-12(15-8)16-11(17)9-2-1-3-18-9/h4-5,9H,1-3H2,(H,15,16,17)/t9-/m1/s1. The molecule has 19 heavy (non-hydrogen) atoms. The molecule has 0 bridgehead atoms. The second kappa shape index (κ2) is 4.82. The molecule has 2 aromatic rings. The molecule has 0 spiro atoms. The fourth-order valence-electron chi connectivity index (χ4n) is 1.95. The van der Waals surface area contributed by atoms with E-state index in [9.17, 15) is 13.6 Å². The number of nitrogens with one attached hydrogen (secondary N) is 1. The third-order valence-corrected chi connectivity index (χ3v) is 3.82. The number of hydrogen-bond acceptors (Lipinski definition) is 4. The molecule has 0 saturated carbocycles. The number of fused-ring (bicyclic) bond motifs is 1. The van der Waals surface area contributed by atoms with Crippen molar-refractivity contribution in [2.24, 2.45) is 0 Å². The maximum Gasteiger partial charge on any atom is 0.255 e. The van der Waals surface area contributed by atoms with E-state index in [1.165, 1.54) is 0 Å². The van der Waals surface area contributed by atoms with Crippen LogP contribution in [0.4, 0.5) is 13.9 Å². The topological polar surface area (TPSA) is 51.2 Å². The lowest BCUT2D eigenvalue weighted by atomic mass is 10.2. The van der Waals surface area contributed by atoms with Crippen LogP contribution in [0.3, 0.4) is 0 Å². The van der Waals surface area contributed by atoms with E-state index < -0.39 is 17.7 Å². The van der Waals surface area contributed by atoms with Crippen LogP contribution < -0.4 is 5.32 Å². The molecule has 1 atom stereocenters. The molecule has 1 aromatic heterocycles. The van der Waals surface area contributed by atoms with Gasteiger partial charge in [-0.1, -0.05) is 11.3 Å². The zero-order valence-corrected chi connectivity index (χ0v) is 10.6. The second-order valence-corrected chi connectivity index (χ2v) is 5.27. The Morgan fingerprint density at radius 3 is 2.95 bits per heavy atom. The van der Waals surface area contributed by atoms with Crippen LogP contribution in [0.15, 0.2) is 12.1 Å². The number of aromatic nitrogens is 1. The fourth-order valence-corrected chi connectivity index (χ4v) is 2.82. The molecule has 1 fully saturated rings. The Bertz CT molecular complexity index is 599. The van der Waals surface area contributed by atoms with Crippen molar-refractivity contribution in [3.05, 3.63) is 23.8 Å². The van der Waals surface area contributed by atoms with Crippen molar-refractivity contribution < 1.29 is 18.3 Å². The maximum atomic E-state index is 13.1. The van der Waals surface area contributed by atoms with Crippen molar-refractivity contribution in [3.8, 4) is 0 Å². The molecule has 7 heteroatoms. The maximum absolute atomic E-state index is 13.1. The van der Waals surface area contributed by atoms with Crippen LogP contribution in [0.5, 0.6) is 0 Å². The molecule has 1 aliphatic rings. The lowest BCUT2D eigenvalue weighted by Crippen LogP contribution is -2.26. The van der Waals surface area contributed by atoms with Crippen LogP contribution in [0.25, 0.3) is 10.2 Å². The minimum Gasteiger partial charge on any atom is -0.368 e. The number of ether oxygens (including phenoxy) is 1. The number of anilines is 1. The lowest BCUT2D eigenvalue weighted by molar-refractivity contribution is -0.124. The number of thiazole rings is 1. The van der Waals surface area contributed by atoms with E-state index in [1.807, 2.05) is 0 Å². The molecule has 0 radical (unpaired) electrons. The number of carbonyl (C=O) groups excluding carboxylic acids is 1. The Kier molecular flexibility index (Phi) is 3.16. The molecule has 1 N–H and O–H groups in total. The average molecular weight is 284 g/mol. The zero-order chi connectivity index (χ0) is 13.4. The molecular formula is C12H10F2N2O2S. The summed E-state index contributed by atoms with van der Waals surface area (Å²) >= 11 is 1.10. The third-order valence-electron chi connectivity index (χ3n) is 2.88. The summed E-state index contributed by atoms with van der Waals surface area (Å²) in [6, 6.07) is 2.09. The summed E-state index contributed by atoms with van der Waals surface area (Å²) in [7, 11) is 0. The van der Waals surface area contributed by atoms with Crippen LogP contribution in [0, 0.1) is 11.6 Å². The third kappa shape index (κ3) is 2.43. The van der Waals surface area contributed by atoms with Crippen molar-refractivity contribution in [2.75, 3.05) is 11.9 Å². The molecule has 1 saturated heterocycles. The fraction of sp³-hybridized carbons (Fsp3) is 0.333. The highest BCUT2D eigenvalue weighted by Gasteiger charge is 2.24. The molecule has 100 valence electrons. The van der Waals surface area contributed by atoms with Gasteiger partial charge in [-0.2, -0.15) is 0 Å². The molecule has 1 aliphatic heterocycles. The first-order chi connectivity index (χ1) is 9.13. The van der Waals surface area contributed by atoms with E-state index in [4.69, 9.17) is 4.74 Å². The molecule has 0 aliphatic carbocycles. The van der Waals surface area contributed by atoms with Gasteiger partial charge in [0.25, 0.3) is 5.91 Å². The SMILES string of the molecule is O=C(Nc1nc2cc(F)c(F)cc2s1)[C@H]1CCCO1. The van der Waals surface area contributed by atoms with Gasteiger partial charge in [-0.3, -0.25) is 10.1 Å². The summed E-state index contributed by atoms with van der Waals surface area (Å²) in [5.41, 5.74) is 0.326. The molecule has 1 amide bonds. The smallest absolute Gasteiger partial charge is 0.255 e. The quantitative estimate of drug-likeness (QED) is 0.922. The Hall–Kier alpha value is -1.60. The normalized spacial score (nSPS) is 18.9. The van der Waals surface area contributed by atoms with Gasteiger partial charge in [-0.15, -0.1) is 0 Å². The summed E-state index contributed by atoms with van der Waals surface area (Å²) < 4.78 is 31.8. The molecule has 4 nitrogen and oxygen atoms in total. The Labute approximate surface area is 111 Å². The first-order valence-electron chi connectivity index (χ1n) is 5.81. The number of carbonyl (C=O) groups is 1. The van der Waals surface area contributed by atoms with Gasteiger partial charge >= 0.3 is 0 Å². The van der Waals surface area contributed by atoms with Crippen LogP contribution in [-0.2, 0) is 9.53 Å². The second-order valence-electron chi connectivity index (χ2n) is 4.24. The number of halogens is 2. The number of nitrogens with zero attached hydrogens (tertiary/aromatic N) is 1. The van der Waals surface area contributed by atoms with Gasteiger partial charge in [0.1, 0.15) is 6.10 Å². The van der Waals surface area contributed by atoms with Crippen molar-refractivity contribution in [1.29, 1.82) is 0 Å². The molecular weight excluding hydrogens is 274 g/mol. The number of hydrogen-bond donors (Lipinski definition) is 1. The van der Waals surface area contributed by atoms with Gasteiger partial charge < -0.3 is 4.74 Å².